The first-order chi connectivity index (χ1) is 16.7. The minimum atomic E-state index is -0.917. The van der Waals surface area contributed by atoms with E-state index in [4.69, 9.17) is 4.74 Å². The predicted molar refractivity (Wildman–Crippen MR) is 137 cm³/mol. The summed E-state index contributed by atoms with van der Waals surface area (Å²) in [6.45, 7) is 9.08. The van der Waals surface area contributed by atoms with Crippen molar-refractivity contribution in [2.45, 2.75) is 71.6 Å². The number of carboxylic acid groups (broad SMARTS) is 1. The summed E-state index contributed by atoms with van der Waals surface area (Å²) in [6.07, 6.45) is 4.07. The van der Waals surface area contributed by atoms with Crippen LogP contribution in [0, 0.1) is 19.7 Å². The molecule has 1 aliphatic heterocycles. The lowest BCUT2D eigenvalue weighted by molar-refractivity contribution is -0.132. The van der Waals surface area contributed by atoms with Crippen LogP contribution in [0.2, 0.25) is 0 Å². The summed E-state index contributed by atoms with van der Waals surface area (Å²) in [4.78, 5) is 13.8. The standard InChI is InChI=1S/C29H38FNO4/c1-5-23(29(33)34)16-27-19(2)8-6-10-26(27)21(4)35-18-25(32)17-31-13-7-9-24(31)14-22-12-11-20(3)28(30)15-22/h6,8,10-12,15-16,21,24-25,32H,5,7,9,13-14,17-18H2,1-4H3,(H,33,34)/t21-,24+,25-/m1/s1. The maximum atomic E-state index is 14.0. The van der Waals surface area contributed by atoms with E-state index in [1.807, 2.05) is 51.1 Å². The Morgan fingerprint density at radius 1 is 1.26 bits per heavy atom. The van der Waals surface area contributed by atoms with E-state index in [0.29, 0.717) is 24.1 Å². The third kappa shape index (κ3) is 7.23. The highest BCUT2D eigenvalue weighted by Gasteiger charge is 2.27. The number of hydrogen-bond acceptors (Lipinski definition) is 4. The quantitative estimate of drug-likeness (QED) is 0.415. The minimum absolute atomic E-state index is 0.172. The average Bonchev–Trinajstić information content (AvgIpc) is 3.24. The molecule has 35 heavy (non-hydrogen) atoms. The largest absolute Gasteiger partial charge is 0.478 e. The van der Waals surface area contributed by atoms with Gasteiger partial charge in [0.2, 0.25) is 0 Å². The molecule has 190 valence electrons. The Morgan fingerprint density at radius 2 is 2.03 bits per heavy atom. The molecule has 0 aromatic heterocycles. The van der Waals surface area contributed by atoms with Crippen LogP contribution in [0.3, 0.4) is 0 Å². The lowest BCUT2D eigenvalue weighted by atomic mass is 9.96. The van der Waals surface area contributed by atoms with Gasteiger partial charge in [0, 0.05) is 18.2 Å². The van der Waals surface area contributed by atoms with E-state index in [1.165, 1.54) is 0 Å². The van der Waals surface area contributed by atoms with Gasteiger partial charge in [-0.3, -0.25) is 4.90 Å². The van der Waals surface area contributed by atoms with Crippen molar-refractivity contribution >= 4 is 12.0 Å². The maximum Gasteiger partial charge on any atom is 0.331 e. The second-order valence-corrected chi connectivity index (χ2v) is 9.61. The van der Waals surface area contributed by atoms with Gasteiger partial charge in [0.05, 0.1) is 18.8 Å². The lowest BCUT2D eigenvalue weighted by Gasteiger charge is -2.28. The number of carboxylic acids is 1. The molecule has 2 aromatic rings. The molecule has 1 aliphatic rings. The molecule has 0 radical (unpaired) electrons. The number of β-amino-alcohol motifs (C(OH)–C–C–N with tert-alkyl or cyclic N) is 1. The van der Waals surface area contributed by atoms with E-state index in [1.54, 1.807) is 19.1 Å². The fraction of sp³-hybridized carbons (Fsp3) is 0.483. The summed E-state index contributed by atoms with van der Waals surface area (Å²) < 4.78 is 20.0. The Bertz CT molecular complexity index is 1050. The number of hydrogen-bond donors (Lipinski definition) is 2. The molecule has 6 heteroatoms. The third-order valence-electron chi connectivity index (χ3n) is 6.96. The fourth-order valence-electron chi connectivity index (χ4n) is 4.81. The van der Waals surface area contributed by atoms with Crippen molar-refractivity contribution in [1.29, 1.82) is 0 Å². The number of aliphatic hydroxyl groups excluding tert-OH is 1. The van der Waals surface area contributed by atoms with Gasteiger partial charge < -0.3 is 14.9 Å². The topological polar surface area (TPSA) is 70.0 Å². The van der Waals surface area contributed by atoms with E-state index in [2.05, 4.69) is 4.90 Å². The van der Waals surface area contributed by atoms with E-state index in [-0.39, 0.29) is 24.6 Å². The summed E-state index contributed by atoms with van der Waals surface area (Å²) in [7, 11) is 0. The van der Waals surface area contributed by atoms with Gasteiger partial charge in [-0.2, -0.15) is 0 Å². The Kier molecular flexibility index (Phi) is 9.61. The zero-order valence-corrected chi connectivity index (χ0v) is 21.3. The van der Waals surface area contributed by atoms with Crippen LogP contribution in [0.25, 0.3) is 6.08 Å². The second kappa shape index (κ2) is 12.4. The van der Waals surface area contributed by atoms with Crippen LogP contribution in [-0.4, -0.2) is 52.9 Å². The first-order valence-corrected chi connectivity index (χ1v) is 12.5. The Labute approximate surface area is 208 Å². The molecule has 3 atom stereocenters. The molecule has 0 spiro atoms. The van der Waals surface area contributed by atoms with Crippen molar-refractivity contribution in [3.8, 4) is 0 Å². The molecule has 2 N–H and O–H groups in total. The highest BCUT2D eigenvalue weighted by molar-refractivity contribution is 5.92. The molecule has 0 unspecified atom stereocenters. The molecular weight excluding hydrogens is 445 g/mol. The van der Waals surface area contributed by atoms with Crippen molar-refractivity contribution < 1.29 is 24.1 Å². The van der Waals surface area contributed by atoms with Crippen LogP contribution in [0.1, 0.15) is 67.0 Å². The van der Waals surface area contributed by atoms with Gasteiger partial charge in [0.1, 0.15) is 5.82 Å². The molecule has 1 fully saturated rings. The number of aliphatic carboxylic acids is 1. The first-order valence-electron chi connectivity index (χ1n) is 12.5. The van der Waals surface area contributed by atoms with Gasteiger partial charge in [-0.05, 0) is 93.0 Å². The minimum Gasteiger partial charge on any atom is -0.478 e. The SMILES string of the molecule is CCC(=Cc1c(C)cccc1[C@@H](C)OC[C@H](O)CN1CCC[C@H]1Cc1ccc(C)c(F)c1)C(=O)O. The number of benzene rings is 2. The van der Waals surface area contributed by atoms with Crippen molar-refractivity contribution in [2.75, 3.05) is 19.7 Å². The van der Waals surface area contributed by atoms with Crippen LogP contribution in [0.4, 0.5) is 4.39 Å². The normalized spacial score (nSPS) is 18.6. The molecular formula is C29H38FNO4. The molecule has 1 heterocycles. The zero-order chi connectivity index (χ0) is 25.5. The first kappa shape index (κ1) is 27.1. The summed E-state index contributed by atoms with van der Waals surface area (Å²) in [5.74, 6) is -1.09. The highest BCUT2D eigenvalue weighted by atomic mass is 19.1. The maximum absolute atomic E-state index is 14.0. The monoisotopic (exact) mass is 483 g/mol. The molecule has 0 amide bonds. The van der Waals surface area contributed by atoms with Crippen molar-refractivity contribution in [2.24, 2.45) is 0 Å². The summed E-state index contributed by atoms with van der Waals surface area (Å²) in [5, 5.41) is 20.2. The third-order valence-corrected chi connectivity index (χ3v) is 6.96. The van der Waals surface area contributed by atoms with Crippen molar-refractivity contribution in [3.05, 3.63) is 75.6 Å². The number of carbonyl (C=O) groups is 1. The molecule has 1 saturated heterocycles. The lowest BCUT2D eigenvalue weighted by Crippen LogP contribution is -2.39. The number of aliphatic hydroxyl groups is 1. The summed E-state index contributed by atoms with van der Waals surface area (Å²) >= 11 is 0. The van der Waals surface area contributed by atoms with E-state index in [0.717, 1.165) is 48.1 Å². The zero-order valence-electron chi connectivity index (χ0n) is 21.3. The van der Waals surface area contributed by atoms with Crippen LogP contribution >= 0.6 is 0 Å². The number of rotatable bonds is 11. The van der Waals surface area contributed by atoms with Gasteiger partial charge >= 0.3 is 5.97 Å². The van der Waals surface area contributed by atoms with E-state index < -0.39 is 12.1 Å². The molecule has 5 nitrogen and oxygen atoms in total. The number of aryl methyl sites for hydroxylation is 2. The van der Waals surface area contributed by atoms with Crippen molar-refractivity contribution in [1.82, 2.24) is 4.90 Å². The Morgan fingerprint density at radius 3 is 2.71 bits per heavy atom. The van der Waals surface area contributed by atoms with E-state index in [9.17, 15) is 19.4 Å². The molecule has 0 saturated carbocycles. The Hall–Kier alpha value is -2.54. The predicted octanol–water partition coefficient (Wildman–Crippen LogP) is 5.47. The van der Waals surface area contributed by atoms with Crippen molar-refractivity contribution in [3.63, 3.8) is 0 Å². The molecule has 2 aromatic carbocycles. The van der Waals surface area contributed by atoms with Gasteiger partial charge in [-0.1, -0.05) is 37.3 Å². The smallest absolute Gasteiger partial charge is 0.331 e. The van der Waals surface area contributed by atoms with Crippen LogP contribution in [0.15, 0.2) is 42.0 Å². The highest BCUT2D eigenvalue weighted by Crippen LogP contribution is 2.27. The summed E-state index contributed by atoms with van der Waals surface area (Å²) in [6, 6.07) is 11.5. The van der Waals surface area contributed by atoms with Crippen LogP contribution < -0.4 is 0 Å². The molecule has 3 rings (SSSR count). The van der Waals surface area contributed by atoms with Gasteiger partial charge in [-0.25, -0.2) is 9.18 Å². The molecule has 0 bridgehead atoms. The number of ether oxygens (including phenoxy) is 1. The number of halogens is 1. The van der Waals surface area contributed by atoms with Gasteiger partial charge in [0.15, 0.2) is 0 Å². The van der Waals surface area contributed by atoms with Gasteiger partial charge in [-0.15, -0.1) is 0 Å². The van der Waals surface area contributed by atoms with Crippen LogP contribution in [0.5, 0.6) is 0 Å². The summed E-state index contributed by atoms with van der Waals surface area (Å²) in [5.41, 5.74) is 4.74. The number of likely N-dealkylation sites (tertiary alicyclic amines) is 1. The average molecular weight is 484 g/mol. The Balaban J connectivity index is 1.60. The number of nitrogens with zero attached hydrogens (tertiary/aromatic N) is 1. The van der Waals surface area contributed by atoms with E-state index >= 15 is 0 Å². The van der Waals surface area contributed by atoms with Crippen LogP contribution in [-0.2, 0) is 16.0 Å². The van der Waals surface area contributed by atoms with Gasteiger partial charge in [0.25, 0.3) is 0 Å². The second-order valence-electron chi connectivity index (χ2n) is 9.61. The molecule has 0 aliphatic carbocycles. The fourth-order valence-corrected chi connectivity index (χ4v) is 4.81.